The van der Waals surface area contributed by atoms with E-state index in [0.29, 0.717) is 11.6 Å². The molecule has 16 nitrogen and oxygen atoms in total. The lowest BCUT2D eigenvalue weighted by molar-refractivity contribution is -0.275. The quantitative estimate of drug-likeness (QED) is 0.110. The summed E-state index contributed by atoms with van der Waals surface area (Å²) in [5.74, 6) is -3.34. The number of likely N-dealkylation sites (N-methyl/N-ethyl adjacent to an activating group) is 1. The van der Waals surface area contributed by atoms with Gasteiger partial charge in [0.15, 0.2) is 0 Å². The van der Waals surface area contributed by atoms with Crippen molar-refractivity contribution in [1.82, 2.24) is 14.9 Å². The number of anilines is 6. The van der Waals surface area contributed by atoms with Crippen molar-refractivity contribution in [2.45, 2.75) is 86.5 Å². The predicted molar refractivity (Wildman–Crippen MR) is 263 cm³/mol. The molecule has 80 heavy (non-hydrogen) atoms. The molecule has 0 aliphatic carbocycles. The van der Waals surface area contributed by atoms with Crippen LogP contribution in [0.4, 0.5) is 87.1 Å². The maximum Gasteiger partial charge on any atom is 0.573 e. The fourth-order valence-electron chi connectivity index (χ4n) is 8.08. The highest BCUT2D eigenvalue weighted by molar-refractivity contribution is 7.93. The summed E-state index contributed by atoms with van der Waals surface area (Å²) in [6, 6.07) is 18.8. The minimum Gasteiger partial charge on any atom is -0.481 e. The van der Waals surface area contributed by atoms with Gasteiger partial charge in [0.25, 0.3) is 20.0 Å². The highest BCUT2D eigenvalue weighted by Gasteiger charge is 2.41. The molecule has 4 aromatic carbocycles. The van der Waals surface area contributed by atoms with Crippen molar-refractivity contribution in [1.29, 1.82) is 0 Å². The Morgan fingerprint density at radius 1 is 0.537 bits per heavy atom. The van der Waals surface area contributed by atoms with Crippen LogP contribution < -0.4 is 28.7 Å². The lowest BCUT2D eigenvalue weighted by Crippen LogP contribution is -2.39. The number of nitrogens with one attached hydrogen (secondary N) is 2. The largest absolute Gasteiger partial charge is 0.573 e. The van der Waals surface area contributed by atoms with Crippen LogP contribution >= 0.6 is 0 Å². The first-order valence-electron chi connectivity index (χ1n) is 22.9. The summed E-state index contributed by atoms with van der Waals surface area (Å²) in [5, 5.41) is 15.1. The molecule has 6 aromatic rings. The Balaban J connectivity index is 0.000000231. The van der Waals surface area contributed by atoms with Gasteiger partial charge in [0.2, 0.25) is 5.91 Å². The summed E-state index contributed by atoms with van der Waals surface area (Å²) < 4.78 is 220. The fourth-order valence-corrected chi connectivity index (χ4v) is 11.0. The second-order valence-corrected chi connectivity index (χ2v) is 22.7. The zero-order valence-corrected chi connectivity index (χ0v) is 43.7. The van der Waals surface area contributed by atoms with Gasteiger partial charge < -0.3 is 30.1 Å². The van der Waals surface area contributed by atoms with E-state index < -0.39 is 108 Å². The van der Waals surface area contributed by atoms with Gasteiger partial charge >= 0.3 is 31.0 Å². The third-order valence-electron chi connectivity index (χ3n) is 12.4. The molecule has 0 unspecified atom stereocenters. The Kier molecular flexibility index (Phi) is 15.6. The van der Waals surface area contributed by atoms with Gasteiger partial charge in [0, 0.05) is 25.2 Å². The number of sulfonamides is 2. The van der Waals surface area contributed by atoms with Gasteiger partial charge in [0.1, 0.15) is 34.5 Å². The van der Waals surface area contributed by atoms with E-state index in [1.54, 1.807) is 34.0 Å². The molecule has 30 heteroatoms. The fraction of sp³-hybridized carbons (Fsp3) is 0.280. The molecular weight excluding hydrogens is 1130 g/mol. The molecule has 4 heterocycles. The van der Waals surface area contributed by atoms with Gasteiger partial charge in [-0.1, -0.05) is 24.3 Å². The summed E-state index contributed by atoms with van der Waals surface area (Å²) in [4.78, 5) is 32.5. The van der Waals surface area contributed by atoms with Crippen LogP contribution in [0.2, 0.25) is 0 Å². The van der Waals surface area contributed by atoms with Crippen molar-refractivity contribution < 1.29 is 93.7 Å². The molecule has 2 aliphatic rings. The average Bonchev–Trinajstić information content (AvgIpc) is 3.63. The summed E-state index contributed by atoms with van der Waals surface area (Å²) in [6.45, 7) is 5.02. The van der Waals surface area contributed by atoms with Gasteiger partial charge in [-0.05, 0) is 124 Å². The van der Waals surface area contributed by atoms with Crippen LogP contribution in [0.3, 0.4) is 0 Å². The Bertz CT molecular complexity index is 3600. The molecule has 0 spiro atoms. The number of alkyl halides is 12. The average molecular weight is 1180 g/mol. The molecule has 2 aromatic heterocycles. The predicted octanol–water partition coefficient (Wildman–Crippen LogP) is 11.6. The molecule has 2 aliphatic heterocycles. The lowest BCUT2D eigenvalue weighted by Gasteiger charge is -2.30. The van der Waals surface area contributed by atoms with E-state index in [0.717, 1.165) is 75.3 Å². The standard InChI is InChI=1S/C26H24F6N4O4S.C24H19F6N3O5S/c1-24(2,23(37)35(3)4)16-6-11-19-20(13-16)36(14-15-5-12-21(25(27,28)29)34-22(15)33-19)41(38,39)18-9-7-17(8-10-18)40-26(30,31)32;1-22(2,21(34)35)14-4-9-17-18(11-14)33(12-13-3-10-19(23(25,26)27)32-20(13)31-17)39(36,37)16-7-5-15(6-8-16)38-24(28,29)30/h5-13H,14H2,1-4H3,(H,33,34);3-11H,12H2,1-2H3,(H,31,32)(H,34,35). The number of carboxylic acids is 1. The number of benzene rings is 4. The van der Waals surface area contributed by atoms with E-state index in [9.17, 15) is 84.2 Å². The van der Waals surface area contributed by atoms with Crippen molar-refractivity contribution in [3.63, 3.8) is 0 Å². The number of ether oxygens (including phenoxy) is 2. The topological polar surface area (TPSA) is 201 Å². The van der Waals surface area contributed by atoms with Gasteiger partial charge in [-0.3, -0.25) is 18.2 Å². The number of nitrogens with zero attached hydrogens (tertiary/aromatic N) is 5. The van der Waals surface area contributed by atoms with Crippen LogP contribution in [0.1, 0.15) is 61.3 Å². The third kappa shape index (κ3) is 12.7. The number of amides is 1. The normalized spacial score (nSPS) is 14.0. The highest BCUT2D eigenvalue weighted by atomic mass is 32.2. The Labute approximate surface area is 447 Å². The highest BCUT2D eigenvalue weighted by Crippen LogP contribution is 2.45. The van der Waals surface area contributed by atoms with Crippen LogP contribution in [-0.4, -0.2) is 75.5 Å². The van der Waals surface area contributed by atoms with Gasteiger partial charge in [-0.15, -0.1) is 26.3 Å². The SMILES string of the molecule is CC(C)(C(=O)O)c1ccc2c(c1)N(S(=O)(=O)c1ccc(OC(F)(F)F)cc1)Cc1ccc(C(F)(F)F)nc1N2.CN(C)C(=O)C(C)(C)c1ccc2c(c1)N(S(=O)(=O)c1ccc(OC(F)(F)F)cc1)Cc1ccc(C(F)(F)F)nc1N2. The second kappa shape index (κ2) is 20.9. The van der Waals surface area contributed by atoms with Gasteiger partial charge in [-0.2, -0.15) is 26.3 Å². The molecule has 428 valence electrons. The van der Waals surface area contributed by atoms with E-state index in [-0.39, 0.29) is 57.0 Å². The second-order valence-electron chi connectivity index (χ2n) is 18.9. The number of carboxylic acid groups (broad SMARTS) is 1. The maximum absolute atomic E-state index is 13.9. The van der Waals surface area contributed by atoms with E-state index in [1.165, 1.54) is 49.1 Å². The Morgan fingerprint density at radius 2 is 0.887 bits per heavy atom. The number of hydrogen-bond donors (Lipinski definition) is 3. The molecule has 8 rings (SSSR count). The number of pyridine rings is 2. The first-order chi connectivity index (χ1) is 36.7. The third-order valence-corrected chi connectivity index (χ3v) is 16.0. The first kappa shape index (κ1) is 59.6. The molecule has 0 saturated heterocycles. The number of carbonyl (C=O) groups excluding carboxylic acids is 1. The van der Waals surface area contributed by atoms with Crippen molar-refractivity contribution in [2.75, 3.05) is 33.3 Å². The van der Waals surface area contributed by atoms with Crippen LogP contribution in [0, 0.1) is 0 Å². The Hall–Kier alpha value is -8.02. The summed E-state index contributed by atoms with van der Waals surface area (Å²) >= 11 is 0. The monoisotopic (exact) mass is 1180 g/mol. The van der Waals surface area contributed by atoms with E-state index in [2.05, 4.69) is 30.1 Å². The number of rotatable bonds is 10. The van der Waals surface area contributed by atoms with Gasteiger partial charge in [-0.25, -0.2) is 26.8 Å². The zero-order chi connectivity index (χ0) is 59.5. The molecule has 0 radical (unpaired) electrons. The molecule has 0 bridgehead atoms. The Morgan fingerprint density at radius 3 is 1.20 bits per heavy atom. The van der Waals surface area contributed by atoms with E-state index in [4.69, 9.17) is 0 Å². The first-order valence-corrected chi connectivity index (χ1v) is 25.8. The van der Waals surface area contributed by atoms with Crippen LogP contribution in [0.5, 0.6) is 11.5 Å². The number of halogens is 12. The summed E-state index contributed by atoms with van der Waals surface area (Å²) in [7, 11) is -5.98. The smallest absolute Gasteiger partial charge is 0.481 e. The minimum absolute atomic E-state index is 0.00566. The van der Waals surface area contributed by atoms with Gasteiger partial charge in [0.05, 0.1) is 56.5 Å². The number of carbonyl (C=O) groups is 2. The van der Waals surface area contributed by atoms with Crippen molar-refractivity contribution in [2.24, 2.45) is 0 Å². The number of aliphatic carboxylic acids is 1. The molecule has 1 amide bonds. The van der Waals surface area contributed by atoms with Crippen molar-refractivity contribution in [3.05, 3.63) is 143 Å². The number of aromatic nitrogens is 2. The van der Waals surface area contributed by atoms with Crippen LogP contribution in [0.15, 0.2) is 119 Å². The minimum atomic E-state index is -5.00. The molecule has 0 saturated carbocycles. The van der Waals surface area contributed by atoms with Crippen molar-refractivity contribution >= 4 is 66.3 Å². The zero-order valence-electron chi connectivity index (χ0n) is 42.1. The lowest BCUT2D eigenvalue weighted by atomic mass is 9.83. The number of fused-ring (bicyclic) bond motifs is 4. The summed E-state index contributed by atoms with van der Waals surface area (Å²) in [5.41, 5.74) is -4.34. The van der Waals surface area contributed by atoms with E-state index >= 15 is 0 Å². The number of hydrogen-bond acceptors (Lipinski definition) is 12. The van der Waals surface area contributed by atoms with Crippen LogP contribution in [0.25, 0.3) is 0 Å². The van der Waals surface area contributed by atoms with Crippen LogP contribution in [-0.2, 0) is 65.9 Å². The molecule has 3 N–H and O–H groups in total. The molecular formula is C50H43F12N7O9S2. The van der Waals surface area contributed by atoms with E-state index in [1.807, 2.05) is 0 Å². The maximum atomic E-state index is 13.9. The summed E-state index contributed by atoms with van der Waals surface area (Å²) in [6.07, 6.45) is -19.5. The molecule has 0 fully saturated rings. The van der Waals surface area contributed by atoms with Crippen molar-refractivity contribution in [3.8, 4) is 11.5 Å². The molecule has 0 atom stereocenters.